The summed E-state index contributed by atoms with van der Waals surface area (Å²) in [5, 5.41) is 9.96. The van der Waals surface area contributed by atoms with Crippen molar-refractivity contribution in [1.29, 1.82) is 0 Å². The number of benzene rings is 2. The largest absolute Gasteiger partial charge is 0.495 e. The van der Waals surface area contributed by atoms with Crippen molar-refractivity contribution >= 4 is 10.0 Å². The lowest BCUT2D eigenvalue weighted by Gasteiger charge is -2.14. The second-order valence-electron chi connectivity index (χ2n) is 4.99. The van der Waals surface area contributed by atoms with Gasteiger partial charge in [-0.1, -0.05) is 30.3 Å². The fourth-order valence-corrected chi connectivity index (χ4v) is 3.35. The molecule has 1 atom stereocenters. The van der Waals surface area contributed by atoms with Gasteiger partial charge in [0.2, 0.25) is 10.0 Å². The fraction of sp³-hybridized carbons (Fsp3) is 0.250. The number of ether oxygens (including phenoxy) is 1. The molecule has 0 spiro atoms. The molecule has 0 saturated heterocycles. The smallest absolute Gasteiger partial charge is 0.244 e. The van der Waals surface area contributed by atoms with Gasteiger partial charge in [0.1, 0.15) is 16.5 Å². The van der Waals surface area contributed by atoms with Gasteiger partial charge in [0.15, 0.2) is 0 Å². The Labute approximate surface area is 134 Å². The molecule has 2 aromatic rings. The molecule has 0 saturated carbocycles. The normalized spacial score (nSPS) is 12.8. The molecule has 0 aliphatic heterocycles. The van der Waals surface area contributed by atoms with Crippen LogP contribution in [-0.2, 0) is 16.4 Å². The van der Waals surface area contributed by atoms with Crippen molar-refractivity contribution in [2.75, 3.05) is 13.7 Å². The average molecular weight is 339 g/mol. The Morgan fingerprint density at radius 1 is 1.22 bits per heavy atom. The molecule has 2 N–H and O–H groups in total. The number of sulfonamides is 1. The van der Waals surface area contributed by atoms with E-state index in [9.17, 15) is 17.9 Å². The SMILES string of the molecule is COc1ccc(F)cc1S(=O)(=O)NC[C@@H](O)Cc1ccccc1. The number of hydrogen-bond donors (Lipinski definition) is 2. The van der Waals surface area contributed by atoms with E-state index < -0.39 is 21.9 Å². The summed E-state index contributed by atoms with van der Waals surface area (Å²) in [5.74, 6) is -0.646. The molecule has 0 aliphatic carbocycles. The van der Waals surface area contributed by atoms with Gasteiger partial charge in [0.25, 0.3) is 0 Å². The highest BCUT2D eigenvalue weighted by Gasteiger charge is 2.21. The van der Waals surface area contributed by atoms with Crippen molar-refractivity contribution in [3.63, 3.8) is 0 Å². The van der Waals surface area contributed by atoms with Crippen LogP contribution >= 0.6 is 0 Å². The summed E-state index contributed by atoms with van der Waals surface area (Å²) < 4.78 is 45.0. The third kappa shape index (κ3) is 4.75. The van der Waals surface area contributed by atoms with Crippen LogP contribution in [0.25, 0.3) is 0 Å². The van der Waals surface area contributed by atoms with E-state index in [0.717, 1.165) is 17.7 Å². The maximum absolute atomic E-state index is 13.3. The summed E-state index contributed by atoms with van der Waals surface area (Å²) in [5.41, 5.74) is 0.891. The second-order valence-corrected chi connectivity index (χ2v) is 6.73. The zero-order chi connectivity index (χ0) is 16.9. The minimum Gasteiger partial charge on any atom is -0.495 e. The van der Waals surface area contributed by atoms with Gasteiger partial charge in [0.05, 0.1) is 13.2 Å². The Kier molecular flexibility index (Phi) is 5.70. The Balaban J connectivity index is 2.05. The van der Waals surface area contributed by atoms with Crippen molar-refractivity contribution in [3.05, 3.63) is 59.9 Å². The molecule has 0 aliphatic rings. The minimum absolute atomic E-state index is 0.0384. The van der Waals surface area contributed by atoms with Gasteiger partial charge in [-0.3, -0.25) is 0 Å². The first kappa shape index (κ1) is 17.4. The fourth-order valence-electron chi connectivity index (χ4n) is 2.10. The molecule has 0 aromatic heterocycles. The maximum atomic E-state index is 13.3. The summed E-state index contributed by atoms with van der Waals surface area (Å²) in [6.45, 7) is -0.184. The Morgan fingerprint density at radius 2 is 1.91 bits per heavy atom. The molecular weight excluding hydrogens is 321 g/mol. The number of rotatable bonds is 7. The van der Waals surface area contributed by atoms with Crippen LogP contribution in [0.2, 0.25) is 0 Å². The predicted octanol–water partition coefficient (Wildman–Crippen LogP) is 1.72. The molecule has 124 valence electrons. The van der Waals surface area contributed by atoms with Gasteiger partial charge in [-0.25, -0.2) is 17.5 Å². The lowest BCUT2D eigenvalue weighted by molar-refractivity contribution is 0.179. The standard InChI is InChI=1S/C16H18FNO4S/c1-22-15-8-7-13(17)10-16(15)23(20,21)18-11-14(19)9-12-5-3-2-4-6-12/h2-8,10,14,18-19H,9,11H2,1H3/t14-/m0/s1. The van der Waals surface area contributed by atoms with Crippen LogP contribution in [0.4, 0.5) is 4.39 Å². The van der Waals surface area contributed by atoms with E-state index in [1.54, 1.807) is 0 Å². The molecule has 0 amide bonds. The molecule has 23 heavy (non-hydrogen) atoms. The molecule has 0 heterocycles. The number of aliphatic hydroxyl groups is 1. The highest BCUT2D eigenvalue weighted by Crippen LogP contribution is 2.24. The van der Waals surface area contributed by atoms with Crippen LogP contribution < -0.4 is 9.46 Å². The molecule has 0 unspecified atom stereocenters. The number of hydrogen-bond acceptors (Lipinski definition) is 4. The summed E-state index contributed by atoms with van der Waals surface area (Å²) in [6, 6.07) is 12.4. The molecule has 0 bridgehead atoms. The predicted molar refractivity (Wildman–Crippen MR) is 84.3 cm³/mol. The van der Waals surface area contributed by atoms with Crippen molar-refractivity contribution < 1.29 is 22.7 Å². The molecule has 2 aromatic carbocycles. The van der Waals surface area contributed by atoms with E-state index in [2.05, 4.69) is 4.72 Å². The summed E-state index contributed by atoms with van der Waals surface area (Å²) in [4.78, 5) is -0.299. The Morgan fingerprint density at radius 3 is 2.57 bits per heavy atom. The molecule has 0 fully saturated rings. The monoisotopic (exact) mass is 339 g/mol. The molecule has 7 heteroatoms. The highest BCUT2D eigenvalue weighted by molar-refractivity contribution is 7.89. The molecule has 5 nitrogen and oxygen atoms in total. The lowest BCUT2D eigenvalue weighted by Crippen LogP contribution is -2.33. The zero-order valence-electron chi connectivity index (χ0n) is 12.6. The van der Waals surface area contributed by atoms with Crippen LogP contribution in [-0.4, -0.2) is 33.3 Å². The second kappa shape index (κ2) is 7.54. The molecule has 0 radical (unpaired) electrons. The summed E-state index contributed by atoms with van der Waals surface area (Å²) in [7, 11) is -2.69. The van der Waals surface area contributed by atoms with Crippen LogP contribution in [0.1, 0.15) is 5.56 Å². The zero-order valence-corrected chi connectivity index (χ0v) is 13.4. The first-order chi connectivity index (χ1) is 10.9. The van der Waals surface area contributed by atoms with Crippen molar-refractivity contribution in [3.8, 4) is 5.75 Å². The van der Waals surface area contributed by atoms with Crippen molar-refractivity contribution in [1.82, 2.24) is 4.72 Å². The Bertz CT molecular complexity index is 750. The number of aliphatic hydroxyl groups excluding tert-OH is 1. The first-order valence-electron chi connectivity index (χ1n) is 6.97. The van der Waals surface area contributed by atoms with Gasteiger partial charge in [-0.05, 0) is 30.2 Å². The minimum atomic E-state index is -3.99. The van der Waals surface area contributed by atoms with E-state index in [0.29, 0.717) is 6.42 Å². The van der Waals surface area contributed by atoms with Gasteiger partial charge in [-0.15, -0.1) is 0 Å². The third-order valence-electron chi connectivity index (χ3n) is 3.24. The average Bonchev–Trinajstić information content (AvgIpc) is 2.54. The summed E-state index contributed by atoms with van der Waals surface area (Å²) in [6.07, 6.45) is -0.587. The van der Waals surface area contributed by atoms with Crippen LogP contribution in [0.3, 0.4) is 0 Å². The van der Waals surface area contributed by atoms with Crippen molar-refractivity contribution in [2.24, 2.45) is 0 Å². The quantitative estimate of drug-likeness (QED) is 0.805. The van der Waals surface area contributed by atoms with E-state index in [-0.39, 0.29) is 17.2 Å². The Hall–Kier alpha value is -1.96. The van der Waals surface area contributed by atoms with Gasteiger partial charge < -0.3 is 9.84 Å². The maximum Gasteiger partial charge on any atom is 0.244 e. The third-order valence-corrected chi connectivity index (χ3v) is 4.68. The number of nitrogens with one attached hydrogen (secondary N) is 1. The van der Waals surface area contributed by atoms with Gasteiger partial charge >= 0.3 is 0 Å². The number of halogens is 1. The van der Waals surface area contributed by atoms with Crippen LogP contribution in [0, 0.1) is 5.82 Å². The molecule has 2 rings (SSSR count). The summed E-state index contributed by atoms with van der Waals surface area (Å²) >= 11 is 0. The van der Waals surface area contributed by atoms with E-state index in [1.165, 1.54) is 13.2 Å². The van der Waals surface area contributed by atoms with Crippen LogP contribution in [0.15, 0.2) is 53.4 Å². The molecular formula is C16H18FNO4S. The van der Waals surface area contributed by atoms with Gasteiger partial charge in [-0.2, -0.15) is 0 Å². The van der Waals surface area contributed by atoms with E-state index >= 15 is 0 Å². The lowest BCUT2D eigenvalue weighted by atomic mass is 10.1. The topological polar surface area (TPSA) is 75.6 Å². The van der Waals surface area contributed by atoms with E-state index in [4.69, 9.17) is 4.74 Å². The van der Waals surface area contributed by atoms with Crippen LogP contribution in [0.5, 0.6) is 5.75 Å². The van der Waals surface area contributed by atoms with Crippen molar-refractivity contribution in [2.45, 2.75) is 17.4 Å². The number of methoxy groups -OCH3 is 1. The highest BCUT2D eigenvalue weighted by atomic mass is 32.2. The van der Waals surface area contributed by atoms with E-state index in [1.807, 2.05) is 30.3 Å². The van der Waals surface area contributed by atoms with Gasteiger partial charge in [0, 0.05) is 6.54 Å². The first-order valence-corrected chi connectivity index (χ1v) is 8.46.